The summed E-state index contributed by atoms with van der Waals surface area (Å²) in [4.78, 5) is 9.65. The van der Waals surface area contributed by atoms with Gasteiger partial charge in [-0.15, -0.1) is 24.0 Å². The molecule has 0 aromatic carbocycles. The Morgan fingerprint density at radius 1 is 1.30 bits per heavy atom. The van der Waals surface area contributed by atoms with Gasteiger partial charge in [0.2, 0.25) is 0 Å². The van der Waals surface area contributed by atoms with Gasteiger partial charge in [-0.2, -0.15) is 5.10 Å². The summed E-state index contributed by atoms with van der Waals surface area (Å²) >= 11 is 0. The summed E-state index contributed by atoms with van der Waals surface area (Å²) in [7, 11) is 1.87. The third-order valence-corrected chi connectivity index (χ3v) is 6.09. The lowest BCUT2D eigenvalue weighted by Crippen LogP contribution is -2.64. The van der Waals surface area contributed by atoms with Gasteiger partial charge < -0.3 is 10.6 Å². The largest absolute Gasteiger partial charge is 0.355 e. The summed E-state index contributed by atoms with van der Waals surface area (Å²) in [5.41, 5.74) is 2.67. The maximum atomic E-state index is 4.78. The summed E-state index contributed by atoms with van der Waals surface area (Å²) in [6.07, 6.45) is 5.45. The van der Waals surface area contributed by atoms with Crippen LogP contribution in [0.1, 0.15) is 37.6 Å². The van der Waals surface area contributed by atoms with E-state index >= 15 is 0 Å². The van der Waals surface area contributed by atoms with Crippen molar-refractivity contribution >= 4 is 29.9 Å². The number of rotatable bonds is 4. The molecule has 7 nitrogen and oxygen atoms in total. The number of piperazine rings is 3. The van der Waals surface area contributed by atoms with Crippen LogP contribution in [-0.2, 0) is 12.8 Å². The van der Waals surface area contributed by atoms with E-state index in [1.165, 1.54) is 44.0 Å². The number of halogens is 1. The standard InChI is InChI=1S/C19H33N7.HI/c1-14(2)26-12-15-4-5-16(10-18(15)23-26)22-19(20-3)21-11-17-13-24-6-8-25(17)9-7-24;/h12,14,16-17H,4-11,13H2,1-3H3,(H2,20,21,22);1H. The number of aryl methyl sites for hydroxylation is 1. The van der Waals surface area contributed by atoms with E-state index in [2.05, 4.69) is 50.2 Å². The zero-order valence-electron chi connectivity index (χ0n) is 16.8. The van der Waals surface area contributed by atoms with Gasteiger partial charge in [0, 0.05) is 77.1 Å². The van der Waals surface area contributed by atoms with Gasteiger partial charge in [0.05, 0.1) is 5.69 Å². The molecule has 3 saturated heterocycles. The van der Waals surface area contributed by atoms with Gasteiger partial charge >= 0.3 is 0 Å². The third-order valence-electron chi connectivity index (χ3n) is 6.09. The average molecular weight is 487 g/mol. The smallest absolute Gasteiger partial charge is 0.191 e. The number of hydrogen-bond acceptors (Lipinski definition) is 4. The molecular formula is C19H34IN7. The fourth-order valence-electron chi connectivity index (χ4n) is 4.42. The minimum absolute atomic E-state index is 0. The molecule has 0 radical (unpaired) electrons. The van der Waals surface area contributed by atoms with Crippen molar-refractivity contribution in [3.63, 3.8) is 0 Å². The molecule has 3 aliphatic heterocycles. The van der Waals surface area contributed by atoms with Crippen molar-refractivity contribution in [2.75, 3.05) is 46.3 Å². The van der Waals surface area contributed by atoms with Crippen LogP contribution < -0.4 is 10.6 Å². The summed E-state index contributed by atoms with van der Waals surface area (Å²) in [6.45, 7) is 11.4. The first kappa shape index (κ1) is 20.9. The number of hydrogen-bond donors (Lipinski definition) is 2. The van der Waals surface area contributed by atoms with Crippen LogP contribution in [0.4, 0.5) is 0 Å². The lowest BCUT2D eigenvalue weighted by Gasteiger charge is -2.47. The van der Waals surface area contributed by atoms with Crippen molar-refractivity contribution in [1.29, 1.82) is 0 Å². The third kappa shape index (κ3) is 4.76. The van der Waals surface area contributed by atoms with Crippen LogP contribution in [0.15, 0.2) is 11.2 Å². The maximum absolute atomic E-state index is 4.78. The van der Waals surface area contributed by atoms with Crippen LogP contribution >= 0.6 is 24.0 Å². The minimum Gasteiger partial charge on any atom is -0.355 e. The van der Waals surface area contributed by atoms with Crippen LogP contribution in [0.5, 0.6) is 0 Å². The lowest BCUT2D eigenvalue weighted by atomic mass is 9.94. The Bertz CT molecular complexity index is 648. The number of nitrogens with one attached hydrogen (secondary N) is 2. The number of nitrogens with zero attached hydrogens (tertiary/aromatic N) is 5. The van der Waals surface area contributed by atoms with E-state index in [0.29, 0.717) is 18.1 Å². The van der Waals surface area contributed by atoms with Gasteiger partial charge in [-0.1, -0.05) is 0 Å². The second-order valence-electron chi connectivity index (χ2n) is 8.20. The van der Waals surface area contributed by atoms with Gasteiger partial charge in [-0.25, -0.2) is 0 Å². The van der Waals surface area contributed by atoms with E-state index in [-0.39, 0.29) is 24.0 Å². The van der Waals surface area contributed by atoms with Crippen LogP contribution in [0, 0.1) is 0 Å². The Morgan fingerprint density at radius 2 is 2.07 bits per heavy atom. The zero-order valence-corrected chi connectivity index (χ0v) is 19.1. The van der Waals surface area contributed by atoms with Crippen LogP contribution in [0.2, 0.25) is 0 Å². The van der Waals surface area contributed by atoms with Crippen molar-refractivity contribution < 1.29 is 0 Å². The molecule has 1 aromatic heterocycles. The summed E-state index contributed by atoms with van der Waals surface area (Å²) < 4.78 is 2.10. The van der Waals surface area contributed by atoms with Gasteiger partial charge in [0.25, 0.3) is 0 Å². The lowest BCUT2D eigenvalue weighted by molar-refractivity contribution is 0.0154. The summed E-state index contributed by atoms with van der Waals surface area (Å²) in [5, 5.41) is 12.0. The second kappa shape index (κ2) is 9.09. The first-order valence-corrected chi connectivity index (χ1v) is 10.1. The van der Waals surface area contributed by atoms with Gasteiger partial charge in [-0.3, -0.25) is 19.5 Å². The average Bonchev–Trinajstić information content (AvgIpc) is 3.10. The fourth-order valence-corrected chi connectivity index (χ4v) is 4.42. The molecule has 2 atom stereocenters. The van der Waals surface area contributed by atoms with Crippen molar-refractivity contribution in [2.24, 2.45) is 4.99 Å². The van der Waals surface area contributed by atoms with Crippen molar-refractivity contribution in [3.05, 3.63) is 17.5 Å². The molecule has 1 aromatic rings. The predicted octanol–water partition coefficient (Wildman–Crippen LogP) is 1.10. The molecule has 8 heteroatoms. The normalized spacial score (nSPS) is 30.0. The quantitative estimate of drug-likeness (QED) is 0.379. The highest BCUT2D eigenvalue weighted by Crippen LogP contribution is 2.21. The van der Waals surface area contributed by atoms with Crippen molar-refractivity contribution in [2.45, 2.75) is 51.2 Å². The monoisotopic (exact) mass is 487 g/mol. The molecule has 2 unspecified atom stereocenters. The molecule has 3 fully saturated rings. The summed E-state index contributed by atoms with van der Waals surface area (Å²) in [5.74, 6) is 0.930. The SMILES string of the molecule is CN=C(NCC1CN2CCN1CC2)NC1CCc2cn(C(C)C)nc2C1.I. The highest BCUT2D eigenvalue weighted by Gasteiger charge is 2.31. The Balaban J connectivity index is 0.00000210. The Hall–Kier alpha value is -0.870. The van der Waals surface area contributed by atoms with Crippen LogP contribution in [0.25, 0.3) is 0 Å². The zero-order chi connectivity index (χ0) is 18.1. The highest BCUT2D eigenvalue weighted by atomic mass is 127. The summed E-state index contributed by atoms with van der Waals surface area (Å²) in [6, 6.07) is 1.45. The van der Waals surface area contributed by atoms with Crippen molar-refractivity contribution in [3.8, 4) is 0 Å². The number of fused-ring (bicyclic) bond motifs is 4. The number of guanidine groups is 1. The molecule has 4 aliphatic rings. The van der Waals surface area contributed by atoms with E-state index in [1.807, 2.05) is 7.05 Å². The number of aromatic nitrogens is 2. The molecule has 0 spiro atoms. The van der Waals surface area contributed by atoms with E-state index < -0.39 is 0 Å². The van der Waals surface area contributed by atoms with Gasteiger partial charge in [0.1, 0.15) is 0 Å². The second-order valence-corrected chi connectivity index (χ2v) is 8.20. The van der Waals surface area contributed by atoms with Crippen LogP contribution in [0.3, 0.4) is 0 Å². The first-order chi connectivity index (χ1) is 12.6. The van der Waals surface area contributed by atoms with E-state index in [0.717, 1.165) is 31.8 Å². The molecule has 1 aliphatic carbocycles. The van der Waals surface area contributed by atoms with Gasteiger partial charge in [0.15, 0.2) is 5.96 Å². The molecule has 27 heavy (non-hydrogen) atoms. The topological polar surface area (TPSA) is 60.7 Å². The Morgan fingerprint density at radius 3 is 2.70 bits per heavy atom. The van der Waals surface area contributed by atoms with E-state index in [9.17, 15) is 0 Å². The van der Waals surface area contributed by atoms with E-state index in [1.54, 1.807) is 0 Å². The fraction of sp³-hybridized carbons (Fsp3) is 0.789. The minimum atomic E-state index is 0. The first-order valence-electron chi connectivity index (χ1n) is 10.1. The number of aliphatic imine (C=N–C) groups is 1. The molecule has 0 amide bonds. The molecule has 152 valence electrons. The predicted molar refractivity (Wildman–Crippen MR) is 120 cm³/mol. The Kier molecular flexibility index (Phi) is 7.02. The maximum Gasteiger partial charge on any atom is 0.191 e. The highest BCUT2D eigenvalue weighted by molar-refractivity contribution is 14.0. The molecule has 5 rings (SSSR count). The van der Waals surface area contributed by atoms with E-state index in [4.69, 9.17) is 5.10 Å². The molecule has 2 bridgehead atoms. The molecule has 4 heterocycles. The molecular weight excluding hydrogens is 453 g/mol. The van der Waals surface area contributed by atoms with Gasteiger partial charge in [-0.05, 0) is 32.3 Å². The van der Waals surface area contributed by atoms with Crippen molar-refractivity contribution in [1.82, 2.24) is 30.2 Å². The molecule has 2 N–H and O–H groups in total. The Labute approximate surface area is 180 Å². The molecule has 0 saturated carbocycles. The van der Waals surface area contributed by atoms with Crippen LogP contribution in [-0.4, -0.2) is 83.9 Å².